The first-order valence-electron chi connectivity index (χ1n) is 9.96. The molecule has 0 aliphatic carbocycles. The van der Waals surface area contributed by atoms with Crippen LogP contribution in [-0.4, -0.2) is 43.2 Å². The zero-order valence-electron chi connectivity index (χ0n) is 16.7. The second-order valence-electron chi connectivity index (χ2n) is 7.47. The van der Waals surface area contributed by atoms with E-state index >= 15 is 0 Å². The van der Waals surface area contributed by atoms with Crippen LogP contribution in [0.3, 0.4) is 0 Å². The summed E-state index contributed by atoms with van der Waals surface area (Å²) in [4.78, 5) is 14.9. The van der Waals surface area contributed by atoms with Gasteiger partial charge in [-0.3, -0.25) is 4.79 Å². The third kappa shape index (κ3) is 5.59. The third-order valence-electron chi connectivity index (χ3n) is 5.23. The number of rotatable bonds is 6. The van der Waals surface area contributed by atoms with Crippen molar-refractivity contribution in [3.63, 3.8) is 0 Å². The molecule has 0 saturated carbocycles. The van der Waals surface area contributed by atoms with Crippen molar-refractivity contribution in [1.82, 2.24) is 9.21 Å². The third-order valence-corrected chi connectivity index (χ3v) is 7.41. The summed E-state index contributed by atoms with van der Waals surface area (Å²) in [5.74, 6) is -0.158. The van der Waals surface area contributed by atoms with Gasteiger partial charge in [0.1, 0.15) is 0 Å². The Balaban J connectivity index is 1.89. The largest absolute Gasteiger partial charge is 0.342 e. The molecule has 0 unspecified atom stereocenters. The van der Waals surface area contributed by atoms with E-state index < -0.39 is 10.0 Å². The fourth-order valence-electron chi connectivity index (χ4n) is 3.47. The number of amides is 1. The fourth-order valence-corrected chi connectivity index (χ4v) is 5.04. The molecule has 0 aromatic heterocycles. The first-order valence-corrected chi connectivity index (χ1v) is 11.8. The highest BCUT2D eigenvalue weighted by molar-refractivity contribution is 7.89. The van der Waals surface area contributed by atoms with E-state index in [2.05, 4.69) is 0 Å². The van der Waals surface area contributed by atoms with Crippen molar-refractivity contribution in [1.29, 1.82) is 0 Å². The number of hydrogen-bond acceptors (Lipinski definition) is 3. The SMILES string of the molecule is Cc1ccc(S(=O)(=O)N(CC(=O)N2CCCCCC2)Cc2ccccc2Cl)cc1. The molecule has 0 radical (unpaired) electrons. The minimum absolute atomic E-state index is 0.0511. The molecule has 1 heterocycles. The molecular weight excluding hydrogens is 408 g/mol. The molecule has 1 amide bonds. The number of carbonyl (C=O) groups excluding carboxylic acids is 1. The lowest BCUT2D eigenvalue weighted by Crippen LogP contribution is -2.43. The predicted octanol–water partition coefficient (Wildman–Crippen LogP) is 4.24. The van der Waals surface area contributed by atoms with Crippen LogP contribution in [0.15, 0.2) is 53.4 Å². The lowest BCUT2D eigenvalue weighted by molar-refractivity contribution is -0.131. The molecule has 29 heavy (non-hydrogen) atoms. The van der Waals surface area contributed by atoms with Crippen molar-refractivity contribution in [2.45, 2.75) is 44.0 Å². The van der Waals surface area contributed by atoms with Gasteiger partial charge in [0.2, 0.25) is 15.9 Å². The van der Waals surface area contributed by atoms with Gasteiger partial charge in [0.15, 0.2) is 0 Å². The Bertz CT molecular complexity index is 937. The predicted molar refractivity (Wildman–Crippen MR) is 115 cm³/mol. The molecular formula is C22H27ClN2O3S. The van der Waals surface area contributed by atoms with Crippen LogP contribution in [-0.2, 0) is 21.4 Å². The van der Waals surface area contributed by atoms with Crippen LogP contribution in [0.2, 0.25) is 5.02 Å². The van der Waals surface area contributed by atoms with E-state index in [1.54, 1.807) is 47.4 Å². The zero-order chi connectivity index (χ0) is 20.9. The zero-order valence-corrected chi connectivity index (χ0v) is 18.3. The van der Waals surface area contributed by atoms with Crippen LogP contribution < -0.4 is 0 Å². The highest BCUT2D eigenvalue weighted by Gasteiger charge is 2.29. The van der Waals surface area contributed by atoms with Gasteiger partial charge in [-0.1, -0.05) is 60.3 Å². The number of aryl methyl sites for hydroxylation is 1. The Labute approximate surface area is 178 Å². The standard InChI is InChI=1S/C22H27ClN2O3S/c1-18-10-12-20(13-11-18)29(27,28)25(16-19-8-4-5-9-21(19)23)17-22(26)24-14-6-2-3-7-15-24/h4-5,8-13H,2-3,6-7,14-17H2,1H3. The summed E-state index contributed by atoms with van der Waals surface area (Å²) in [6.07, 6.45) is 4.13. The van der Waals surface area contributed by atoms with Crippen LogP contribution in [0.25, 0.3) is 0 Å². The van der Waals surface area contributed by atoms with Gasteiger partial charge in [-0.15, -0.1) is 0 Å². The Hall–Kier alpha value is -1.89. The second-order valence-corrected chi connectivity index (χ2v) is 9.82. The van der Waals surface area contributed by atoms with Crippen molar-refractivity contribution >= 4 is 27.5 Å². The number of nitrogens with zero attached hydrogens (tertiary/aromatic N) is 2. The maximum Gasteiger partial charge on any atom is 0.243 e. The summed E-state index contributed by atoms with van der Waals surface area (Å²) in [5.41, 5.74) is 1.65. The van der Waals surface area contributed by atoms with E-state index in [-0.39, 0.29) is 23.9 Å². The van der Waals surface area contributed by atoms with E-state index in [0.29, 0.717) is 23.7 Å². The molecule has 1 aliphatic heterocycles. The van der Waals surface area contributed by atoms with E-state index in [9.17, 15) is 13.2 Å². The molecule has 1 fully saturated rings. The summed E-state index contributed by atoms with van der Waals surface area (Å²) in [6.45, 7) is 3.13. The molecule has 2 aromatic carbocycles. The Morgan fingerprint density at radius 3 is 2.24 bits per heavy atom. The summed E-state index contributed by atoms with van der Waals surface area (Å²) in [6, 6.07) is 13.8. The van der Waals surface area contributed by atoms with Crippen molar-refractivity contribution in [3.8, 4) is 0 Å². The normalized spacial score (nSPS) is 15.3. The van der Waals surface area contributed by atoms with Crippen molar-refractivity contribution in [3.05, 3.63) is 64.7 Å². The van der Waals surface area contributed by atoms with Gasteiger partial charge in [-0.2, -0.15) is 4.31 Å². The minimum atomic E-state index is -3.85. The summed E-state index contributed by atoms with van der Waals surface area (Å²) >= 11 is 6.28. The molecule has 0 spiro atoms. The topological polar surface area (TPSA) is 57.7 Å². The average Bonchev–Trinajstić information content (AvgIpc) is 2.99. The van der Waals surface area contributed by atoms with Crippen molar-refractivity contribution in [2.24, 2.45) is 0 Å². The van der Waals surface area contributed by atoms with Gasteiger partial charge in [0.25, 0.3) is 0 Å². The molecule has 2 aromatic rings. The molecule has 5 nitrogen and oxygen atoms in total. The number of likely N-dealkylation sites (tertiary alicyclic amines) is 1. The Kier molecular flexibility index (Phi) is 7.33. The van der Waals surface area contributed by atoms with E-state index in [4.69, 9.17) is 11.6 Å². The molecule has 156 valence electrons. The van der Waals surface area contributed by atoms with Gasteiger partial charge in [0.05, 0.1) is 11.4 Å². The van der Waals surface area contributed by atoms with E-state index in [0.717, 1.165) is 31.2 Å². The molecule has 1 aliphatic rings. The van der Waals surface area contributed by atoms with Crippen LogP contribution in [0, 0.1) is 6.92 Å². The van der Waals surface area contributed by atoms with E-state index in [1.165, 1.54) is 4.31 Å². The monoisotopic (exact) mass is 434 g/mol. The number of halogens is 1. The maximum atomic E-state index is 13.4. The Morgan fingerprint density at radius 1 is 1.00 bits per heavy atom. The summed E-state index contributed by atoms with van der Waals surface area (Å²) in [7, 11) is -3.85. The van der Waals surface area contributed by atoms with Gasteiger partial charge in [-0.25, -0.2) is 8.42 Å². The lowest BCUT2D eigenvalue weighted by Gasteiger charge is -2.26. The van der Waals surface area contributed by atoms with E-state index in [1.807, 2.05) is 13.0 Å². The van der Waals surface area contributed by atoms with Gasteiger partial charge >= 0.3 is 0 Å². The first-order chi connectivity index (χ1) is 13.9. The fraction of sp³-hybridized carbons (Fsp3) is 0.409. The van der Waals surface area contributed by atoms with Crippen LogP contribution in [0.4, 0.5) is 0 Å². The molecule has 7 heteroatoms. The maximum absolute atomic E-state index is 13.4. The van der Waals surface area contributed by atoms with Crippen LogP contribution >= 0.6 is 11.6 Å². The Morgan fingerprint density at radius 2 is 1.62 bits per heavy atom. The molecule has 0 N–H and O–H groups in total. The lowest BCUT2D eigenvalue weighted by atomic mass is 10.2. The molecule has 3 rings (SSSR count). The minimum Gasteiger partial charge on any atom is -0.342 e. The number of hydrogen-bond donors (Lipinski definition) is 0. The van der Waals surface area contributed by atoms with Gasteiger partial charge in [0, 0.05) is 24.7 Å². The number of sulfonamides is 1. The van der Waals surface area contributed by atoms with Crippen LogP contribution in [0.5, 0.6) is 0 Å². The number of carbonyl (C=O) groups is 1. The quantitative estimate of drug-likeness (QED) is 0.683. The van der Waals surface area contributed by atoms with Crippen LogP contribution in [0.1, 0.15) is 36.8 Å². The average molecular weight is 435 g/mol. The molecule has 0 bridgehead atoms. The van der Waals surface area contributed by atoms with Gasteiger partial charge in [-0.05, 0) is 43.5 Å². The number of benzene rings is 2. The summed E-state index contributed by atoms with van der Waals surface area (Å²) in [5, 5.41) is 0.485. The first kappa shape index (κ1) is 21.8. The highest BCUT2D eigenvalue weighted by Crippen LogP contribution is 2.23. The molecule has 1 saturated heterocycles. The molecule has 0 atom stereocenters. The van der Waals surface area contributed by atoms with Crippen molar-refractivity contribution < 1.29 is 13.2 Å². The smallest absolute Gasteiger partial charge is 0.243 e. The van der Waals surface area contributed by atoms with Crippen molar-refractivity contribution in [2.75, 3.05) is 19.6 Å². The van der Waals surface area contributed by atoms with Gasteiger partial charge < -0.3 is 4.90 Å². The highest BCUT2D eigenvalue weighted by atomic mass is 35.5. The second kappa shape index (κ2) is 9.74. The summed E-state index contributed by atoms with van der Waals surface area (Å²) < 4.78 is 28.0.